The van der Waals surface area contributed by atoms with Crippen LogP contribution in [0, 0.1) is 0 Å². The van der Waals surface area contributed by atoms with Crippen molar-refractivity contribution >= 4 is 19.4 Å². The number of fused-ring (bicyclic) bond motifs is 1. The summed E-state index contributed by atoms with van der Waals surface area (Å²) in [7, 11) is -4.33. The van der Waals surface area contributed by atoms with Crippen LogP contribution < -0.4 is 11.2 Å². The van der Waals surface area contributed by atoms with Crippen molar-refractivity contribution in [2.45, 2.75) is 50.5 Å². The van der Waals surface area contributed by atoms with Gasteiger partial charge in [0.25, 0.3) is 12.0 Å². The van der Waals surface area contributed by atoms with Crippen molar-refractivity contribution in [3.63, 3.8) is 0 Å². The van der Waals surface area contributed by atoms with Gasteiger partial charge in [0.1, 0.15) is 11.1 Å². The van der Waals surface area contributed by atoms with Crippen LogP contribution in [-0.4, -0.2) is 46.6 Å². The second-order valence-electron chi connectivity index (χ2n) is 6.25. The lowest BCUT2D eigenvalue weighted by Crippen LogP contribution is -2.55. The molecule has 0 saturated carbocycles. The number of rotatable bonds is 4. The Balaban J connectivity index is 2.01. The third-order valence-electron chi connectivity index (χ3n) is 3.98. The minimum absolute atomic E-state index is 0.489. The number of ether oxygens (including phenoxy) is 1. The molecule has 1 aromatic rings. The molecule has 0 amide bonds. The number of aromatic nitrogens is 2. The van der Waals surface area contributed by atoms with Gasteiger partial charge < -0.3 is 4.74 Å². The molecule has 27 heavy (non-hydrogen) atoms. The van der Waals surface area contributed by atoms with Crippen LogP contribution in [0.3, 0.4) is 0 Å². The highest BCUT2D eigenvalue weighted by Crippen LogP contribution is 2.61. The molecule has 2 saturated heterocycles. The average molecular weight is 435 g/mol. The molecule has 5 atom stereocenters. The zero-order valence-electron chi connectivity index (χ0n) is 13.9. The maximum absolute atomic E-state index is 15.0. The van der Waals surface area contributed by atoms with E-state index in [1.54, 1.807) is 4.98 Å². The van der Waals surface area contributed by atoms with E-state index < -0.39 is 67.3 Å². The number of hydrogen-bond acceptors (Lipinski definition) is 7. The van der Waals surface area contributed by atoms with E-state index in [-0.39, 0.29) is 0 Å². The molecule has 3 heterocycles. The standard InChI is InChI=1S/C13H15ClF3N2O7P/c1-5(2)25-27(22)23-4-13(11(16)17)8(26-27)7(15)10(24-13)19-3-6(14)9(20)18-12(19)21/h3,5,7-8,10-11H,4H2,1-2H3,(H,18,20,21)/t7-,8+,10-,13-,27?/m1/s1. The normalized spacial score (nSPS) is 36.4. The molecule has 9 nitrogen and oxygen atoms in total. The molecule has 2 aliphatic rings. The molecule has 2 aliphatic heterocycles. The van der Waals surface area contributed by atoms with Crippen LogP contribution in [0.4, 0.5) is 13.2 Å². The third-order valence-corrected chi connectivity index (χ3v) is 5.86. The van der Waals surface area contributed by atoms with Crippen molar-refractivity contribution in [2.75, 3.05) is 6.61 Å². The van der Waals surface area contributed by atoms with E-state index in [4.69, 9.17) is 29.9 Å². The number of hydrogen-bond donors (Lipinski definition) is 1. The smallest absolute Gasteiger partial charge is 0.337 e. The molecule has 0 spiro atoms. The Morgan fingerprint density at radius 2 is 2.11 bits per heavy atom. The van der Waals surface area contributed by atoms with Gasteiger partial charge in [-0.3, -0.25) is 27.9 Å². The fourth-order valence-corrected chi connectivity index (χ4v) is 4.57. The highest BCUT2D eigenvalue weighted by atomic mass is 35.5. The molecule has 152 valence electrons. The minimum atomic E-state index is -4.33. The molecular formula is C13H15ClF3N2O7P. The van der Waals surface area contributed by atoms with Crippen LogP contribution in [0.15, 0.2) is 15.8 Å². The molecule has 1 N–H and O–H groups in total. The summed E-state index contributed by atoms with van der Waals surface area (Å²) in [5, 5.41) is -0.489. The second-order valence-corrected chi connectivity index (χ2v) is 8.23. The Hall–Kier alpha value is -1.17. The Bertz CT molecular complexity index is 893. The maximum Gasteiger partial charge on any atom is 0.475 e. The Morgan fingerprint density at radius 1 is 1.44 bits per heavy atom. The van der Waals surface area contributed by atoms with E-state index in [1.165, 1.54) is 13.8 Å². The molecule has 0 bridgehead atoms. The van der Waals surface area contributed by atoms with E-state index in [2.05, 4.69) is 0 Å². The molecule has 14 heteroatoms. The van der Waals surface area contributed by atoms with Crippen molar-refractivity contribution in [1.29, 1.82) is 0 Å². The average Bonchev–Trinajstić information content (AvgIpc) is 2.84. The number of phosphoric acid groups is 1. The highest BCUT2D eigenvalue weighted by molar-refractivity contribution is 7.48. The van der Waals surface area contributed by atoms with Crippen LogP contribution in [0.25, 0.3) is 0 Å². The monoisotopic (exact) mass is 434 g/mol. The zero-order chi connectivity index (χ0) is 20.1. The number of aromatic amines is 1. The predicted molar refractivity (Wildman–Crippen MR) is 84.7 cm³/mol. The largest absolute Gasteiger partial charge is 0.475 e. The maximum atomic E-state index is 15.0. The lowest BCUT2D eigenvalue weighted by Gasteiger charge is -2.39. The number of nitrogens with one attached hydrogen (secondary N) is 1. The zero-order valence-corrected chi connectivity index (χ0v) is 15.6. The first-order chi connectivity index (χ1) is 12.5. The lowest BCUT2D eigenvalue weighted by atomic mass is 9.97. The first-order valence-corrected chi connectivity index (χ1v) is 9.55. The van der Waals surface area contributed by atoms with E-state index in [0.717, 1.165) is 6.20 Å². The van der Waals surface area contributed by atoms with Gasteiger partial charge in [-0.1, -0.05) is 11.6 Å². The molecule has 2 fully saturated rings. The van der Waals surface area contributed by atoms with E-state index in [1.807, 2.05) is 0 Å². The number of halogens is 4. The quantitative estimate of drug-likeness (QED) is 0.722. The van der Waals surface area contributed by atoms with Crippen molar-refractivity contribution in [1.82, 2.24) is 9.55 Å². The molecule has 1 aromatic heterocycles. The Kier molecular flexibility index (Phi) is 5.34. The van der Waals surface area contributed by atoms with Crippen LogP contribution in [-0.2, 0) is 22.9 Å². The SMILES string of the molecule is CC(C)OP1(=O)OC[C@@]2(C(F)F)O[C@@H](n3cc(Cl)c(=O)[nH]c3=O)[C@H](F)[C@@H]2O1. The summed E-state index contributed by atoms with van der Waals surface area (Å²) >= 11 is 5.61. The van der Waals surface area contributed by atoms with Crippen molar-refractivity contribution < 1.29 is 36.0 Å². The summed E-state index contributed by atoms with van der Waals surface area (Å²) in [6, 6.07) is 0. The van der Waals surface area contributed by atoms with Gasteiger partial charge in [-0.05, 0) is 13.8 Å². The predicted octanol–water partition coefficient (Wildman–Crippen LogP) is 2.01. The summed E-state index contributed by atoms with van der Waals surface area (Å²) in [5.41, 5.74) is -4.72. The molecule has 0 radical (unpaired) electrons. The minimum Gasteiger partial charge on any atom is -0.337 e. The summed E-state index contributed by atoms with van der Waals surface area (Å²) in [6.45, 7) is 1.98. The van der Waals surface area contributed by atoms with Gasteiger partial charge in [-0.15, -0.1) is 0 Å². The van der Waals surface area contributed by atoms with E-state index >= 15 is 0 Å². The lowest BCUT2D eigenvalue weighted by molar-refractivity contribution is -0.208. The van der Waals surface area contributed by atoms with Gasteiger partial charge in [0, 0.05) is 6.20 Å². The number of phosphoric ester groups is 1. The fraction of sp³-hybridized carbons (Fsp3) is 0.692. The Morgan fingerprint density at radius 3 is 2.70 bits per heavy atom. The molecule has 1 unspecified atom stereocenters. The van der Waals surface area contributed by atoms with Gasteiger partial charge in [-0.2, -0.15) is 0 Å². The van der Waals surface area contributed by atoms with Crippen LogP contribution >= 0.6 is 19.4 Å². The fourth-order valence-electron chi connectivity index (χ4n) is 2.80. The van der Waals surface area contributed by atoms with Gasteiger partial charge in [-0.25, -0.2) is 22.5 Å². The summed E-state index contributed by atoms with van der Waals surface area (Å²) in [5.74, 6) is 0. The molecule has 0 aromatic carbocycles. The summed E-state index contributed by atoms with van der Waals surface area (Å²) < 4.78 is 75.3. The Labute approximate surface area is 154 Å². The van der Waals surface area contributed by atoms with Crippen molar-refractivity contribution in [3.8, 4) is 0 Å². The molecule has 0 aliphatic carbocycles. The molecule has 3 rings (SSSR count). The van der Waals surface area contributed by atoms with E-state index in [9.17, 15) is 27.3 Å². The number of H-pyrrole nitrogens is 1. The third kappa shape index (κ3) is 3.50. The van der Waals surface area contributed by atoms with Crippen LogP contribution in [0.2, 0.25) is 5.02 Å². The topological polar surface area (TPSA) is 109 Å². The van der Waals surface area contributed by atoms with E-state index in [0.29, 0.717) is 4.57 Å². The van der Waals surface area contributed by atoms with Gasteiger partial charge in [0.2, 0.25) is 0 Å². The van der Waals surface area contributed by atoms with Crippen molar-refractivity contribution in [2.24, 2.45) is 0 Å². The van der Waals surface area contributed by atoms with Crippen LogP contribution in [0.5, 0.6) is 0 Å². The van der Waals surface area contributed by atoms with Gasteiger partial charge in [0.05, 0.1) is 12.7 Å². The summed E-state index contributed by atoms with van der Waals surface area (Å²) in [6.07, 6.45) is -9.58. The van der Waals surface area contributed by atoms with Gasteiger partial charge in [0.15, 0.2) is 18.0 Å². The summed E-state index contributed by atoms with van der Waals surface area (Å²) in [4.78, 5) is 25.1. The first kappa shape index (κ1) is 20.6. The van der Waals surface area contributed by atoms with Gasteiger partial charge >= 0.3 is 13.5 Å². The second kappa shape index (κ2) is 7.02. The number of nitrogens with zero attached hydrogens (tertiary/aromatic N) is 1. The van der Waals surface area contributed by atoms with Crippen LogP contribution in [0.1, 0.15) is 20.1 Å². The highest BCUT2D eigenvalue weighted by Gasteiger charge is 2.68. The number of alkyl halides is 3. The van der Waals surface area contributed by atoms with Crippen molar-refractivity contribution in [3.05, 3.63) is 32.1 Å². The molecular weight excluding hydrogens is 420 g/mol. The first-order valence-electron chi connectivity index (χ1n) is 7.71.